The van der Waals surface area contributed by atoms with E-state index in [1.807, 2.05) is 0 Å². The molecule has 1 aliphatic rings. The van der Waals surface area contributed by atoms with Crippen molar-refractivity contribution < 1.29 is 32.2 Å². The summed E-state index contributed by atoms with van der Waals surface area (Å²) in [6.45, 7) is -0.294. The van der Waals surface area contributed by atoms with Gasteiger partial charge in [-0.05, 0) is 24.6 Å². The second kappa shape index (κ2) is 6.81. The van der Waals surface area contributed by atoms with Gasteiger partial charge in [-0.15, -0.1) is 0 Å². The molecule has 1 heterocycles. The molecule has 9 heteroatoms. The van der Waals surface area contributed by atoms with Gasteiger partial charge in [0.25, 0.3) is 0 Å². The van der Waals surface area contributed by atoms with Crippen LogP contribution in [0.3, 0.4) is 0 Å². The molecule has 0 fully saturated rings. The molecule has 1 aromatic carbocycles. The van der Waals surface area contributed by atoms with Crippen molar-refractivity contribution in [3.63, 3.8) is 0 Å². The fraction of sp³-hybridized carbons (Fsp3) is 0.333. The Morgan fingerprint density at radius 1 is 1.33 bits per heavy atom. The van der Waals surface area contributed by atoms with E-state index in [9.17, 15) is 22.8 Å². The Bertz CT molecular complexity index is 686. The van der Waals surface area contributed by atoms with E-state index >= 15 is 0 Å². The Morgan fingerprint density at radius 3 is 2.67 bits per heavy atom. The molecule has 0 spiro atoms. The van der Waals surface area contributed by atoms with Gasteiger partial charge in [0.05, 0.1) is 18.7 Å². The molecule has 24 heavy (non-hydrogen) atoms. The van der Waals surface area contributed by atoms with Crippen LogP contribution < -0.4 is 15.4 Å². The van der Waals surface area contributed by atoms with Crippen LogP contribution in [0.4, 0.5) is 18.0 Å². The zero-order valence-electron chi connectivity index (χ0n) is 12.9. The maximum absolute atomic E-state index is 12.3. The number of methoxy groups -OCH3 is 1. The van der Waals surface area contributed by atoms with Crippen LogP contribution in [0, 0.1) is 0 Å². The van der Waals surface area contributed by atoms with Crippen molar-refractivity contribution in [1.82, 2.24) is 10.6 Å². The Labute approximate surface area is 135 Å². The van der Waals surface area contributed by atoms with E-state index in [2.05, 4.69) is 15.4 Å². The molecule has 6 nitrogen and oxygen atoms in total. The van der Waals surface area contributed by atoms with E-state index < -0.39 is 30.8 Å². The molecule has 1 atom stereocenters. The summed E-state index contributed by atoms with van der Waals surface area (Å²) in [6, 6.07) is 4.95. The molecular weight excluding hydrogens is 329 g/mol. The fourth-order valence-electron chi connectivity index (χ4n) is 2.26. The van der Waals surface area contributed by atoms with Gasteiger partial charge in [0.2, 0.25) is 0 Å². The highest BCUT2D eigenvalue weighted by atomic mass is 19.4. The van der Waals surface area contributed by atoms with E-state index in [-0.39, 0.29) is 11.3 Å². The van der Waals surface area contributed by atoms with Crippen molar-refractivity contribution >= 4 is 12.0 Å². The minimum absolute atomic E-state index is 0.105. The summed E-state index contributed by atoms with van der Waals surface area (Å²) in [5, 5.41) is 4.85. The number of amides is 2. The third-order valence-electron chi connectivity index (χ3n) is 3.28. The lowest BCUT2D eigenvalue weighted by molar-refractivity contribution is -0.183. The summed E-state index contributed by atoms with van der Waals surface area (Å²) >= 11 is 0. The van der Waals surface area contributed by atoms with E-state index in [4.69, 9.17) is 4.74 Å². The highest BCUT2D eigenvalue weighted by Crippen LogP contribution is 2.30. The number of rotatable bonds is 4. The minimum Gasteiger partial charge on any atom is -0.497 e. The maximum Gasteiger partial charge on any atom is 0.422 e. The molecule has 2 amide bonds. The smallest absolute Gasteiger partial charge is 0.422 e. The van der Waals surface area contributed by atoms with Gasteiger partial charge < -0.3 is 20.1 Å². The largest absolute Gasteiger partial charge is 0.497 e. The maximum atomic E-state index is 12.3. The number of carbonyl (C=O) groups is 2. The molecule has 2 rings (SSSR count). The minimum atomic E-state index is -4.64. The average Bonchev–Trinajstić information content (AvgIpc) is 2.51. The lowest BCUT2D eigenvalue weighted by Gasteiger charge is -2.28. The Kier molecular flexibility index (Phi) is 5.01. The zero-order valence-corrected chi connectivity index (χ0v) is 12.9. The van der Waals surface area contributed by atoms with Crippen LogP contribution in [0.15, 0.2) is 35.5 Å². The molecule has 0 saturated heterocycles. The van der Waals surface area contributed by atoms with Gasteiger partial charge in [-0.2, -0.15) is 13.2 Å². The molecule has 1 aliphatic heterocycles. The number of urea groups is 1. The second-order valence-corrected chi connectivity index (χ2v) is 5.04. The molecule has 130 valence electrons. The molecule has 0 aliphatic carbocycles. The number of benzene rings is 1. The first-order valence-corrected chi connectivity index (χ1v) is 6.87. The number of esters is 1. The molecule has 1 aromatic rings. The SMILES string of the molecule is COc1cccc([C@@H]2NC(=O)NC(C)=C2C(=O)OCC(F)(F)F)c1. The molecule has 2 N–H and O–H groups in total. The highest BCUT2D eigenvalue weighted by molar-refractivity contribution is 5.95. The third kappa shape index (κ3) is 4.18. The van der Waals surface area contributed by atoms with Crippen LogP contribution in [0.25, 0.3) is 0 Å². The van der Waals surface area contributed by atoms with Gasteiger partial charge in [-0.1, -0.05) is 12.1 Å². The number of hydrogen-bond donors (Lipinski definition) is 2. The number of hydrogen-bond acceptors (Lipinski definition) is 4. The first-order valence-electron chi connectivity index (χ1n) is 6.87. The summed E-state index contributed by atoms with van der Waals surface area (Å²) in [5.74, 6) is -0.689. The van der Waals surface area contributed by atoms with Crippen molar-refractivity contribution in [1.29, 1.82) is 0 Å². The summed E-state index contributed by atoms with van der Waals surface area (Å²) in [4.78, 5) is 23.8. The Hall–Kier alpha value is -2.71. The average molecular weight is 344 g/mol. The van der Waals surface area contributed by atoms with E-state index in [1.165, 1.54) is 14.0 Å². The predicted molar refractivity (Wildman–Crippen MR) is 77.1 cm³/mol. The Balaban J connectivity index is 2.34. The van der Waals surface area contributed by atoms with Crippen LogP contribution in [-0.4, -0.2) is 31.9 Å². The first-order chi connectivity index (χ1) is 11.2. The molecule has 0 aromatic heterocycles. The number of allylic oxidation sites excluding steroid dienone is 1. The fourth-order valence-corrected chi connectivity index (χ4v) is 2.26. The van der Waals surface area contributed by atoms with Gasteiger partial charge >= 0.3 is 18.2 Å². The van der Waals surface area contributed by atoms with E-state index in [1.54, 1.807) is 24.3 Å². The zero-order chi connectivity index (χ0) is 17.9. The lowest BCUT2D eigenvalue weighted by Crippen LogP contribution is -2.45. The predicted octanol–water partition coefficient (Wildman–Crippen LogP) is 2.43. The Morgan fingerprint density at radius 2 is 2.04 bits per heavy atom. The number of nitrogens with one attached hydrogen (secondary N) is 2. The second-order valence-electron chi connectivity index (χ2n) is 5.04. The molecule has 0 radical (unpaired) electrons. The van der Waals surface area contributed by atoms with E-state index in [0.29, 0.717) is 11.3 Å². The topological polar surface area (TPSA) is 76.7 Å². The third-order valence-corrected chi connectivity index (χ3v) is 3.28. The number of alkyl halides is 3. The molecule has 0 saturated carbocycles. The van der Waals surface area contributed by atoms with E-state index in [0.717, 1.165) is 0 Å². The van der Waals surface area contributed by atoms with Gasteiger partial charge in [0.15, 0.2) is 6.61 Å². The number of carbonyl (C=O) groups excluding carboxylic acids is 2. The van der Waals surface area contributed by atoms with Crippen molar-refractivity contribution in [3.8, 4) is 5.75 Å². The molecule has 0 bridgehead atoms. The van der Waals surface area contributed by atoms with Crippen molar-refractivity contribution in [2.24, 2.45) is 0 Å². The summed E-state index contributed by atoms with van der Waals surface area (Å²) in [6.07, 6.45) is -4.64. The molecule has 0 unspecified atom stereocenters. The van der Waals surface area contributed by atoms with Crippen molar-refractivity contribution in [2.45, 2.75) is 19.1 Å². The van der Waals surface area contributed by atoms with Crippen LogP contribution >= 0.6 is 0 Å². The molecular formula is C15H15F3N2O4. The van der Waals surface area contributed by atoms with Crippen LogP contribution in [-0.2, 0) is 9.53 Å². The number of ether oxygens (including phenoxy) is 2. The van der Waals surface area contributed by atoms with Crippen LogP contribution in [0.1, 0.15) is 18.5 Å². The first kappa shape index (κ1) is 17.6. The van der Waals surface area contributed by atoms with Gasteiger partial charge in [0, 0.05) is 5.70 Å². The normalized spacial score (nSPS) is 17.9. The van der Waals surface area contributed by atoms with Gasteiger partial charge in [-0.25, -0.2) is 9.59 Å². The summed E-state index contributed by atoms with van der Waals surface area (Å²) < 4.78 is 46.2. The highest BCUT2D eigenvalue weighted by Gasteiger charge is 2.35. The van der Waals surface area contributed by atoms with Gasteiger partial charge in [0.1, 0.15) is 5.75 Å². The summed E-state index contributed by atoms with van der Waals surface area (Å²) in [5.41, 5.74) is 0.494. The van der Waals surface area contributed by atoms with Crippen molar-refractivity contribution in [2.75, 3.05) is 13.7 Å². The lowest BCUT2D eigenvalue weighted by atomic mass is 9.95. The standard InChI is InChI=1S/C15H15F3N2O4/c1-8-11(13(21)24-7-15(16,17)18)12(20-14(22)19-8)9-4-3-5-10(6-9)23-2/h3-6,12H,7H2,1-2H3,(H2,19,20,22)/t12-/m0/s1. The van der Waals surface area contributed by atoms with Gasteiger partial charge in [-0.3, -0.25) is 0 Å². The quantitative estimate of drug-likeness (QED) is 0.823. The summed E-state index contributed by atoms with van der Waals surface area (Å²) in [7, 11) is 1.44. The van der Waals surface area contributed by atoms with Crippen LogP contribution in [0.2, 0.25) is 0 Å². The van der Waals surface area contributed by atoms with Crippen LogP contribution in [0.5, 0.6) is 5.75 Å². The number of halogens is 3. The monoisotopic (exact) mass is 344 g/mol. The van der Waals surface area contributed by atoms with Crippen molar-refractivity contribution in [3.05, 3.63) is 41.1 Å².